The van der Waals surface area contributed by atoms with Crippen LogP contribution in [0.25, 0.3) is 0 Å². The van der Waals surface area contributed by atoms with Crippen LogP contribution < -0.4 is 0 Å². The second-order valence-corrected chi connectivity index (χ2v) is 0. The number of nitrogens with zero attached hydrogens (tertiary/aromatic N) is 1. The Morgan fingerprint density at radius 2 is 1.25 bits per heavy atom. The van der Waals surface area contributed by atoms with Crippen LogP contribution in [0.1, 0.15) is 0 Å². The number of halogens is 1. The van der Waals surface area contributed by atoms with Gasteiger partial charge in [-0.1, -0.05) is 0 Å². The molecule has 4 heavy (non-hydrogen) atoms. The van der Waals surface area contributed by atoms with Crippen LogP contribution in [-0.4, -0.2) is 8.41 Å². The molecule has 24 valence electrons. The molecule has 0 saturated carbocycles. The second kappa shape index (κ2) is 20.7. The maximum absolute atomic E-state index is 6.50. The summed E-state index contributed by atoms with van der Waals surface area (Å²) in [6.45, 7) is 3.50. The van der Waals surface area contributed by atoms with Gasteiger partial charge in [-0.3, -0.25) is 4.70 Å². The van der Waals surface area contributed by atoms with Crippen LogP contribution in [0.2, 0.25) is 0 Å². The van der Waals surface area contributed by atoms with Crippen molar-refractivity contribution in [1.82, 2.24) is 0 Å². The third-order valence-electron chi connectivity index (χ3n) is 0. The molecule has 0 rings (SSSR count). The minimum atomic E-state index is 0. The van der Waals surface area contributed by atoms with Gasteiger partial charge in [-0.25, -0.2) is 5.26 Å². The molecule has 0 N–H and O–H groups in total. The first kappa shape index (κ1) is 91.5. The van der Waals surface area contributed by atoms with Crippen molar-refractivity contribution in [2.24, 2.45) is 0 Å². The molecular formula is CH5BFN. The fourth-order valence-electron chi connectivity index (χ4n) is 0. The average Bonchev–Trinajstić information content (AvgIpc) is 1.00. The third-order valence-corrected chi connectivity index (χ3v) is 0. The van der Waals surface area contributed by atoms with Crippen molar-refractivity contribution in [3.63, 3.8) is 0 Å². The molecule has 1 nitrogen and oxygen atoms in total. The summed E-state index contributed by atoms with van der Waals surface area (Å²) in [4.78, 5) is 0. The molecule has 0 aromatic rings. The van der Waals surface area contributed by atoms with Gasteiger partial charge in [0.05, 0.1) is 8.41 Å². The Balaban J connectivity index is -0.00000000500. The summed E-state index contributed by atoms with van der Waals surface area (Å²) in [5.41, 5.74) is 0. The fraction of sp³-hybridized carbons (Fsp3) is 0. The van der Waals surface area contributed by atoms with Gasteiger partial charge in [-0.15, -0.1) is 0 Å². The Bertz CT molecular complexity index is 12.8. The Hall–Kier alpha value is -0.515. The minimum absolute atomic E-state index is 0. The molecular weight excluding hydrogens is 55.8 g/mol. The molecule has 0 aliphatic rings. The Morgan fingerprint density at radius 3 is 1.25 bits per heavy atom. The molecule has 0 aliphatic carbocycles. The van der Waals surface area contributed by atoms with E-state index in [9.17, 15) is 0 Å². The zero-order valence-electron chi connectivity index (χ0n) is 1.43. The number of rotatable bonds is 0. The molecule has 0 amide bonds. The fourth-order valence-corrected chi connectivity index (χ4v) is 0. The zero-order valence-corrected chi connectivity index (χ0v) is 1.43. The SMILES string of the molecule is B.C#N.F. The van der Waals surface area contributed by atoms with Crippen LogP contribution in [0.15, 0.2) is 0 Å². The lowest BCUT2D eigenvalue weighted by Gasteiger charge is -0.668. The van der Waals surface area contributed by atoms with E-state index in [0.717, 1.165) is 0 Å². The highest BCUT2D eigenvalue weighted by molar-refractivity contribution is 5.75. The molecule has 0 bridgehead atoms. The van der Waals surface area contributed by atoms with Crippen LogP contribution in [0.3, 0.4) is 0 Å². The second-order valence-electron chi connectivity index (χ2n) is 0. The first-order chi connectivity index (χ1) is 1.00. The van der Waals surface area contributed by atoms with E-state index in [4.69, 9.17) is 5.26 Å². The zero-order chi connectivity index (χ0) is 2.00. The molecule has 0 spiro atoms. The molecule has 0 atom stereocenters. The largest absolute Gasteiger partial charge is 0.269 e. The lowest BCUT2D eigenvalue weighted by Crippen LogP contribution is -0.569. The summed E-state index contributed by atoms with van der Waals surface area (Å²) in [7, 11) is 0. The lowest BCUT2D eigenvalue weighted by molar-refractivity contribution is 1.11. The molecule has 0 aliphatic heterocycles. The first-order valence-electron chi connectivity index (χ1n) is 0.258. The van der Waals surface area contributed by atoms with E-state index >= 15 is 0 Å². The molecule has 0 radical (unpaired) electrons. The quantitative estimate of drug-likeness (QED) is 0.333. The van der Waals surface area contributed by atoms with E-state index in [1.807, 2.05) is 0 Å². The maximum Gasteiger partial charge on any atom is 0.0814 e. The predicted octanol–water partition coefficient (Wildman–Crippen LogP) is -0.892. The summed E-state index contributed by atoms with van der Waals surface area (Å²) in [5.74, 6) is 0. The number of nitriles is 1. The summed E-state index contributed by atoms with van der Waals surface area (Å²) in [6, 6.07) is 0. The van der Waals surface area contributed by atoms with Crippen molar-refractivity contribution in [2.75, 3.05) is 0 Å². The summed E-state index contributed by atoms with van der Waals surface area (Å²) in [6.07, 6.45) is 0. The van der Waals surface area contributed by atoms with Crippen molar-refractivity contribution in [3.05, 3.63) is 0 Å². The molecule has 0 heterocycles. The molecule has 0 aromatic carbocycles. The lowest BCUT2D eigenvalue weighted by atomic mass is 10.8. The van der Waals surface area contributed by atoms with E-state index in [2.05, 4.69) is 6.57 Å². The van der Waals surface area contributed by atoms with Gasteiger partial charge in [0.2, 0.25) is 0 Å². The highest BCUT2D eigenvalue weighted by Gasteiger charge is 0.513. The predicted molar refractivity (Wildman–Crippen MR) is 19.1 cm³/mol. The van der Waals surface area contributed by atoms with E-state index in [-0.39, 0.29) is 13.1 Å². The van der Waals surface area contributed by atoms with E-state index in [1.54, 1.807) is 0 Å². The van der Waals surface area contributed by atoms with Crippen LogP contribution >= 0.6 is 0 Å². The van der Waals surface area contributed by atoms with Crippen molar-refractivity contribution in [2.45, 2.75) is 0 Å². The maximum atomic E-state index is 6.50. The Labute approximate surface area is 26.2 Å². The molecule has 0 saturated heterocycles. The van der Waals surface area contributed by atoms with E-state index < -0.39 is 0 Å². The highest BCUT2D eigenvalue weighted by atomic mass is 19.0. The molecule has 0 fully saturated rings. The van der Waals surface area contributed by atoms with E-state index in [1.165, 1.54) is 0 Å². The average molecular weight is 60.9 g/mol. The van der Waals surface area contributed by atoms with Gasteiger partial charge in [0, 0.05) is 6.57 Å². The van der Waals surface area contributed by atoms with Crippen LogP contribution in [0.4, 0.5) is 4.70 Å². The molecule has 0 aromatic heterocycles. The van der Waals surface area contributed by atoms with Gasteiger partial charge in [0.1, 0.15) is 0 Å². The van der Waals surface area contributed by atoms with Crippen molar-refractivity contribution < 1.29 is 4.70 Å². The summed E-state index contributed by atoms with van der Waals surface area (Å²) >= 11 is 0. The smallest absolute Gasteiger partial charge is 0.0814 e. The number of hydrogen-bond acceptors (Lipinski definition) is 1. The monoisotopic (exact) mass is 61.0 g/mol. The number of hydrogen-bond donors (Lipinski definition) is 0. The summed E-state index contributed by atoms with van der Waals surface area (Å²) < 4.78 is 0. The summed E-state index contributed by atoms with van der Waals surface area (Å²) in [5, 5.41) is 6.50. The molecule has 0 unspecified atom stereocenters. The van der Waals surface area contributed by atoms with Gasteiger partial charge in [0.15, 0.2) is 0 Å². The van der Waals surface area contributed by atoms with Crippen molar-refractivity contribution >= 4 is 8.41 Å². The van der Waals surface area contributed by atoms with Crippen LogP contribution in [-0.2, 0) is 0 Å². The van der Waals surface area contributed by atoms with Gasteiger partial charge < -0.3 is 0 Å². The van der Waals surface area contributed by atoms with Crippen molar-refractivity contribution in [3.8, 4) is 6.57 Å². The Morgan fingerprint density at radius 1 is 1.25 bits per heavy atom. The van der Waals surface area contributed by atoms with Crippen LogP contribution in [0, 0.1) is 11.8 Å². The van der Waals surface area contributed by atoms with Crippen LogP contribution in [0.5, 0.6) is 0 Å². The van der Waals surface area contributed by atoms with Gasteiger partial charge in [-0.2, -0.15) is 0 Å². The van der Waals surface area contributed by atoms with Gasteiger partial charge in [0.25, 0.3) is 0 Å². The Kier molecular flexibility index (Phi) is 473. The van der Waals surface area contributed by atoms with Gasteiger partial charge in [-0.05, 0) is 0 Å². The standard InChI is InChI=1S/CHN.BH3.FH/c1-2;;/h1H;1H3;1H. The highest BCUT2D eigenvalue weighted by Crippen LogP contribution is 0.586. The third kappa shape index (κ3) is 1.32. The van der Waals surface area contributed by atoms with Crippen molar-refractivity contribution in [1.29, 1.82) is 5.26 Å². The first-order valence-corrected chi connectivity index (χ1v) is 0.258. The minimum Gasteiger partial charge on any atom is -0.269 e. The van der Waals surface area contributed by atoms with E-state index in [0.29, 0.717) is 0 Å². The topological polar surface area (TPSA) is 23.8 Å². The van der Waals surface area contributed by atoms with Gasteiger partial charge >= 0.3 is 0 Å². The molecule has 3 heteroatoms. The normalized spacial score (nSPS) is 0.500.